The molecule has 1 aliphatic rings. The second-order valence-corrected chi connectivity index (χ2v) is 7.52. The van der Waals surface area contributed by atoms with Crippen LogP contribution >= 0.6 is 15.9 Å². The number of methoxy groups -OCH3 is 1. The molecule has 1 saturated heterocycles. The van der Waals surface area contributed by atoms with Crippen molar-refractivity contribution < 1.29 is 14.3 Å². The van der Waals surface area contributed by atoms with Crippen molar-refractivity contribution >= 4 is 27.7 Å². The molecule has 5 nitrogen and oxygen atoms in total. The van der Waals surface area contributed by atoms with E-state index in [-0.39, 0.29) is 17.7 Å². The van der Waals surface area contributed by atoms with E-state index in [2.05, 4.69) is 21.2 Å². The predicted octanol–water partition coefficient (Wildman–Crippen LogP) is 3.63. The van der Waals surface area contributed by atoms with Crippen LogP contribution < -0.4 is 10.1 Å². The number of piperidine rings is 1. The molecule has 1 aliphatic heterocycles. The third-order valence-electron chi connectivity index (χ3n) is 4.89. The summed E-state index contributed by atoms with van der Waals surface area (Å²) < 4.78 is 6.26. The van der Waals surface area contributed by atoms with Crippen molar-refractivity contribution in [2.24, 2.45) is 5.92 Å². The first-order valence-electron chi connectivity index (χ1n) is 9.03. The monoisotopic (exact) mass is 430 g/mol. The number of nitrogens with zero attached hydrogens (tertiary/aromatic N) is 1. The topological polar surface area (TPSA) is 58.6 Å². The summed E-state index contributed by atoms with van der Waals surface area (Å²) in [5, 5.41) is 3.00. The summed E-state index contributed by atoms with van der Waals surface area (Å²) in [6, 6.07) is 15.0. The number of likely N-dealkylation sites (tertiary alicyclic amines) is 1. The van der Waals surface area contributed by atoms with Gasteiger partial charge in [-0.1, -0.05) is 34.1 Å². The zero-order chi connectivity index (χ0) is 19.2. The van der Waals surface area contributed by atoms with Crippen LogP contribution in [0, 0.1) is 5.92 Å². The van der Waals surface area contributed by atoms with Crippen molar-refractivity contribution in [2.75, 3.05) is 20.2 Å². The number of amides is 2. The highest BCUT2D eigenvalue weighted by Crippen LogP contribution is 2.21. The van der Waals surface area contributed by atoms with Gasteiger partial charge in [-0.05, 0) is 43.2 Å². The Morgan fingerprint density at radius 3 is 2.44 bits per heavy atom. The van der Waals surface area contributed by atoms with E-state index in [1.807, 2.05) is 53.4 Å². The molecule has 2 aromatic rings. The molecular weight excluding hydrogens is 408 g/mol. The first-order chi connectivity index (χ1) is 13.1. The zero-order valence-corrected chi connectivity index (χ0v) is 16.9. The molecule has 3 rings (SSSR count). The molecule has 1 heterocycles. The first kappa shape index (κ1) is 19.4. The van der Waals surface area contributed by atoms with Crippen molar-refractivity contribution in [3.05, 3.63) is 64.1 Å². The second-order valence-electron chi connectivity index (χ2n) is 6.60. The van der Waals surface area contributed by atoms with Crippen molar-refractivity contribution in [1.29, 1.82) is 0 Å². The maximum absolute atomic E-state index is 12.6. The van der Waals surface area contributed by atoms with E-state index in [4.69, 9.17) is 4.74 Å². The van der Waals surface area contributed by atoms with Gasteiger partial charge in [0.1, 0.15) is 5.75 Å². The Balaban J connectivity index is 1.50. The van der Waals surface area contributed by atoms with Crippen LogP contribution in [0.15, 0.2) is 53.0 Å². The summed E-state index contributed by atoms with van der Waals surface area (Å²) in [5.74, 6) is 0.772. The van der Waals surface area contributed by atoms with Gasteiger partial charge in [0.05, 0.1) is 7.11 Å². The molecule has 2 aromatic carbocycles. The molecule has 1 N–H and O–H groups in total. The molecule has 0 bridgehead atoms. The Kier molecular flexibility index (Phi) is 6.50. The predicted molar refractivity (Wildman–Crippen MR) is 108 cm³/mol. The van der Waals surface area contributed by atoms with Crippen LogP contribution in [0.1, 0.15) is 28.8 Å². The summed E-state index contributed by atoms with van der Waals surface area (Å²) in [5.41, 5.74) is 1.63. The maximum Gasteiger partial charge on any atom is 0.253 e. The Labute approximate surface area is 167 Å². The number of carbonyl (C=O) groups is 2. The van der Waals surface area contributed by atoms with Crippen LogP contribution in [-0.4, -0.2) is 36.9 Å². The van der Waals surface area contributed by atoms with Gasteiger partial charge in [0, 0.05) is 41.2 Å². The Bertz CT molecular complexity index is 799. The van der Waals surface area contributed by atoms with Crippen LogP contribution in [-0.2, 0) is 11.3 Å². The molecule has 1 fully saturated rings. The van der Waals surface area contributed by atoms with E-state index in [9.17, 15) is 9.59 Å². The normalized spacial score (nSPS) is 14.7. The van der Waals surface area contributed by atoms with E-state index in [1.165, 1.54) is 0 Å². The molecule has 27 heavy (non-hydrogen) atoms. The number of hydrogen-bond acceptors (Lipinski definition) is 3. The van der Waals surface area contributed by atoms with E-state index in [0.717, 1.165) is 15.8 Å². The molecule has 0 unspecified atom stereocenters. The fraction of sp³-hybridized carbons (Fsp3) is 0.333. The van der Waals surface area contributed by atoms with Crippen LogP contribution in [0.5, 0.6) is 5.75 Å². The SMILES string of the molecule is COc1ccccc1CNC(=O)C1CCN(C(=O)c2ccc(Br)cc2)CC1. The lowest BCUT2D eigenvalue weighted by Crippen LogP contribution is -2.42. The quantitative estimate of drug-likeness (QED) is 0.787. The minimum atomic E-state index is -0.0614. The molecule has 6 heteroatoms. The van der Waals surface area contributed by atoms with Crippen LogP contribution in [0.4, 0.5) is 0 Å². The average molecular weight is 431 g/mol. The highest BCUT2D eigenvalue weighted by Gasteiger charge is 2.27. The molecule has 142 valence electrons. The van der Waals surface area contributed by atoms with E-state index in [0.29, 0.717) is 38.0 Å². The Morgan fingerprint density at radius 1 is 1.11 bits per heavy atom. The summed E-state index contributed by atoms with van der Waals surface area (Å²) >= 11 is 3.38. The van der Waals surface area contributed by atoms with Gasteiger partial charge < -0.3 is 15.0 Å². The van der Waals surface area contributed by atoms with Gasteiger partial charge in [-0.15, -0.1) is 0 Å². The van der Waals surface area contributed by atoms with Gasteiger partial charge in [-0.2, -0.15) is 0 Å². The third-order valence-corrected chi connectivity index (χ3v) is 5.42. The number of benzene rings is 2. The Hall–Kier alpha value is -2.34. The van der Waals surface area contributed by atoms with Gasteiger partial charge in [0.15, 0.2) is 0 Å². The number of nitrogens with one attached hydrogen (secondary N) is 1. The highest BCUT2D eigenvalue weighted by atomic mass is 79.9. The number of hydrogen-bond donors (Lipinski definition) is 1. The van der Waals surface area contributed by atoms with Gasteiger partial charge in [-0.25, -0.2) is 0 Å². The standard InChI is InChI=1S/C21H23BrN2O3/c1-27-19-5-3-2-4-17(19)14-23-20(25)15-10-12-24(13-11-15)21(26)16-6-8-18(22)9-7-16/h2-9,15H,10-14H2,1H3,(H,23,25). The number of ether oxygens (including phenoxy) is 1. The molecule has 0 aliphatic carbocycles. The van der Waals surface area contributed by atoms with Crippen LogP contribution in [0.2, 0.25) is 0 Å². The molecule has 0 saturated carbocycles. The zero-order valence-electron chi connectivity index (χ0n) is 15.3. The second kappa shape index (κ2) is 9.04. The molecular formula is C21H23BrN2O3. The van der Waals surface area contributed by atoms with Crippen molar-refractivity contribution in [1.82, 2.24) is 10.2 Å². The fourth-order valence-electron chi connectivity index (χ4n) is 3.30. The van der Waals surface area contributed by atoms with Gasteiger partial charge in [0.25, 0.3) is 5.91 Å². The summed E-state index contributed by atoms with van der Waals surface area (Å²) in [7, 11) is 1.62. The summed E-state index contributed by atoms with van der Waals surface area (Å²) in [6.45, 7) is 1.64. The summed E-state index contributed by atoms with van der Waals surface area (Å²) in [4.78, 5) is 26.9. The molecule has 2 amide bonds. The highest BCUT2D eigenvalue weighted by molar-refractivity contribution is 9.10. The smallest absolute Gasteiger partial charge is 0.253 e. The van der Waals surface area contributed by atoms with E-state index >= 15 is 0 Å². The lowest BCUT2D eigenvalue weighted by molar-refractivity contribution is -0.126. The van der Waals surface area contributed by atoms with Crippen LogP contribution in [0.3, 0.4) is 0 Å². The molecule has 0 spiro atoms. The van der Waals surface area contributed by atoms with Crippen LogP contribution in [0.25, 0.3) is 0 Å². The summed E-state index contributed by atoms with van der Waals surface area (Å²) in [6.07, 6.45) is 1.36. The van der Waals surface area contributed by atoms with Gasteiger partial charge in [-0.3, -0.25) is 9.59 Å². The number of halogens is 1. The number of rotatable bonds is 5. The fourth-order valence-corrected chi connectivity index (χ4v) is 3.56. The Morgan fingerprint density at radius 2 is 1.78 bits per heavy atom. The maximum atomic E-state index is 12.6. The first-order valence-corrected chi connectivity index (χ1v) is 9.82. The van der Waals surface area contributed by atoms with E-state index in [1.54, 1.807) is 7.11 Å². The number of carbonyl (C=O) groups excluding carboxylic acids is 2. The lowest BCUT2D eigenvalue weighted by atomic mass is 9.95. The largest absolute Gasteiger partial charge is 0.496 e. The lowest BCUT2D eigenvalue weighted by Gasteiger charge is -2.31. The van der Waals surface area contributed by atoms with Crippen molar-refractivity contribution in [3.63, 3.8) is 0 Å². The van der Waals surface area contributed by atoms with Gasteiger partial charge >= 0.3 is 0 Å². The number of para-hydroxylation sites is 1. The van der Waals surface area contributed by atoms with Crippen molar-refractivity contribution in [3.8, 4) is 5.75 Å². The molecule has 0 radical (unpaired) electrons. The minimum Gasteiger partial charge on any atom is -0.496 e. The average Bonchev–Trinajstić information content (AvgIpc) is 2.72. The molecule has 0 aromatic heterocycles. The molecule has 0 atom stereocenters. The van der Waals surface area contributed by atoms with E-state index < -0.39 is 0 Å². The minimum absolute atomic E-state index is 0.0235. The third kappa shape index (κ3) is 4.89. The van der Waals surface area contributed by atoms with Gasteiger partial charge in [0.2, 0.25) is 5.91 Å². The van der Waals surface area contributed by atoms with Crippen molar-refractivity contribution in [2.45, 2.75) is 19.4 Å².